The summed E-state index contributed by atoms with van der Waals surface area (Å²) in [5, 5.41) is 14.9. The van der Waals surface area contributed by atoms with Crippen molar-refractivity contribution in [2.45, 2.75) is 57.5 Å². The molecule has 1 heterocycles. The summed E-state index contributed by atoms with van der Waals surface area (Å²) < 4.78 is 0. The van der Waals surface area contributed by atoms with Crippen molar-refractivity contribution in [3.8, 4) is 0 Å². The van der Waals surface area contributed by atoms with Gasteiger partial charge in [-0.1, -0.05) is 38.3 Å². The van der Waals surface area contributed by atoms with Gasteiger partial charge in [0.05, 0.1) is 23.1 Å². The number of hydrogen-bond donors (Lipinski definition) is 3. The van der Waals surface area contributed by atoms with E-state index in [0.717, 1.165) is 19.3 Å². The zero-order valence-electron chi connectivity index (χ0n) is 16.4. The van der Waals surface area contributed by atoms with E-state index in [-0.39, 0.29) is 11.6 Å². The van der Waals surface area contributed by atoms with Crippen LogP contribution in [0.2, 0.25) is 0 Å². The molecule has 0 saturated heterocycles. The molecular formula is C21H26N4O4. The highest BCUT2D eigenvalue weighted by molar-refractivity contribution is 5.97. The Kier molecular flexibility index (Phi) is 6.74. The number of para-hydroxylation sites is 2. The lowest BCUT2D eigenvalue weighted by Crippen LogP contribution is -2.51. The molecule has 1 saturated carbocycles. The van der Waals surface area contributed by atoms with E-state index in [9.17, 15) is 19.5 Å². The average Bonchev–Trinajstić information content (AvgIpc) is 3.18. The number of amides is 2. The molecule has 8 nitrogen and oxygen atoms in total. The Morgan fingerprint density at radius 1 is 1.21 bits per heavy atom. The van der Waals surface area contributed by atoms with E-state index in [1.54, 1.807) is 6.07 Å². The SMILES string of the molecule is CCCC[C@H](NC(=O)c1cnc2ccccc2n1)C(=O)N[C@H]1CCC[C@H]1C(=O)O. The molecule has 2 aromatic rings. The van der Waals surface area contributed by atoms with E-state index < -0.39 is 29.9 Å². The number of carboxylic acids is 1. The maximum Gasteiger partial charge on any atom is 0.308 e. The van der Waals surface area contributed by atoms with Gasteiger partial charge in [-0.15, -0.1) is 0 Å². The van der Waals surface area contributed by atoms with Crippen molar-refractivity contribution in [2.75, 3.05) is 0 Å². The van der Waals surface area contributed by atoms with Crippen LogP contribution in [0.4, 0.5) is 0 Å². The molecule has 0 radical (unpaired) electrons. The van der Waals surface area contributed by atoms with Gasteiger partial charge in [0.25, 0.3) is 5.91 Å². The van der Waals surface area contributed by atoms with Crippen LogP contribution in [0.3, 0.4) is 0 Å². The van der Waals surface area contributed by atoms with Crippen LogP contribution in [0, 0.1) is 5.92 Å². The number of carbonyl (C=O) groups is 3. The van der Waals surface area contributed by atoms with Gasteiger partial charge in [0, 0.05) is 6.04 Å². The molecule has 2 amide bonds. The van der Waals surface area contributed by atoms with E-state index in [1.807, 2.05) is 25.1 Å². The summed E-state index contributed by atoms with van der Waals surface area (Å²) in [4.78, 5) is 45.4. The Morgan fingerprint density at radius 2 is 1.97 bits per heavy atom. The molecule has 3 N–H and O–H groups in total. The first-order chi connectivity index (χ1) is 14.0. The number of nitrogens with zero attached hydrogens (tertiary/aromatic N) is 2. The highest BCUT2D eigenvalue weighted by Gasteiger charge is 2.35. The average molecular weight is 398 g/mol. The number of rotatable bonds is 8. The number of benzene rings is 1. The minimum atomic E-state index is -0.895. The Hall–Kier alpha value is -3.03. The lowest BCUT2D eigenvalue weighted by Gasteiger charge is -2.23. The number of unbranched alkanes of at least 4 members (excludes halogenated alkanes) is 1. The molecule has 1 aromatic carbocycles. The Balaban J connectivity index is 1.70. The summed E-state index contributed by atoms with van der Waals surface area (Å²) in [5.41, 5.74) is 1.43. The quantitative estimate of drug-likeness (QED) is 0.627. The number of hydrogen-bond acceptors (Lipinski definition) is 5. The van der Waals surface area contributed by atoms with Gasteiger partial charge in [-0.2, -0.15) is 0 Å². The lowest BCUT2D eigenvalue weighted by molar-refractivity contribution is -0.142. The molecule has 0 spiro atoms. The van der Waals surface area contributed by atoms with Gasteiger partial charge in [-0.3, -0.25) is 19.4 Å². The second-order valence-electron chi connectivity index (χ2n) is 7.40. The van der Waals surface area contributed by atoms with E-state index >= 15 is 0 Å². The van der Waals surface area contributed by atoms with Crippen LogP contribution in [-0.4, -0.2) is 44.9 Å². The molecule has 8 heteroatoms. The summed E-state index contributed by atoms with van der Waals surface area (Å²) in [6.45, 7) is 2.00. The Morgan fingerprint density at radius 3 is 2.69 bits per heavy atom. The van der Waals surface area contributed by atoms with Crippen LogP contribution in [0.15, 0.2) is 30.5 Å². The summed E-state index contributed by atoms with van der Waals surface area (Å²) in [7, 11) is 0. The van der Waals surface area contributed by atoms with Gasteiger partial charge in [-0.05, 0) is 31.4 Å². The first kappa shape index (κ1) is 20.7. The zero-order chi connectivity index (χ0) is 20.8. The van der Waals surface area contributed by atoms with E-state index in [1.165, 1.54) is 6.20 Å². The number of carbonyl (C=O) groups excluding carboxylic acids is 2. The third-order valence-corrected chi connectivity index (χ3v) is 5.31. The third kappa shape index (κ3) is 5.07. The van der Waals surface area contributed by atoms with Gasteiger partial charge in [0.15, 0.2) is 0 Å². The van der Waals surface area contributed by atoms with Gasteiger partial charge in [0.1, 0.15) is 11.7 Å². The molecule has 0 unspecified atom stereocenters. The fourth-order valence-corrected chi connectivity index (χ4v) is 3.69. The van der Waals surface area contributed by atoms with Crippen LogP contribution in [0.5, 0.6) is 0 Å². The highest BCUT2D eigenvalue weighted by Crippen LogP contribution is 2.26. The molecule has 1 aliphatic rings. The minimum absolute atomic E-state index is 0.141. The fraction of sp³-hybridized carbons (Fsp3) is 0.476. The van der Waals surface area contributed by atoms with Crippen LogP contribution in [0.1, 0.15) is 55.9 Å². The normalized spacial score (nSPS) is 19.6. The fourth-order valence-electron chi connectivity index (χ4n) is 3.69. The molecule has 29 heavy (non-hydrogen) atoms. The molecule has 1 aliphatic carbocycles. The van der Waals surface area contributed by atoms with Crippen molar-refractivity contribution in [1.82, 2.24) is 20.6 Å². The summed E-state index contributed by atoms with van der Waals surface area (Å²) in [6, 6.07) is 6.09. The number of aromatic nitrogens is 2. The van der Waals surface area contributed by atoms with Crippen LogP contribution in [-0.2, 0) is 9.59 Å². The maximum absolute atomic E-state index is 12.8. The minimum Gasteiger partial charge on any atom is -0.481 e. The van der Waals surface area contributed by atoms with Gasteiger partial charge in [-0.25, -0.2) is 4.98 Å². The Labute approximate surface area is 169 Å². The summed E-state index contributed by atoms with van der Waals surface area (Å²) >= 11 is 0. The van der Waals surface area contributed by atoms with Crippen LogP contribution in [0.25, 0.3) is 11.0 Å². The van der Waals surface area contributed by atoms with Crippen molar-refractivity contribution in [2.24, 2.45) is 5.92 Å². The molecule has 1 aromatic heterocycles. The number of aliphatic carboxylic acids is 1. The molecule has 0 bridgehead atoms. The van der Waals surface area contributed by atoms with E-state index in [4.69, 9.17) is 0 Å². The van der Waals surface area contributed by atoms with Crippen molar-refractivity contribution in [3.63, 3.8) is 0 Å². The molecule has 3 atom stereocenters. The predicted octanol–water partition coefficient (Wildman–Crippen LogP) is 2.29. The standard InChI is InChI=1S/C21H26N4O4/c1-2-3-8-17(19(26)24-14-11-6-7-13(14)21(28)29)25-20(27)18-12-22-15-9-4-5-10-16(15)23-18/h4-5,9-10,12-14,17H,2-3,6-8,11H2,1H3,(H,24,26)(H,25,27)(H,28,29)/t13-,14+,17+/m1/s1. The summed E-state index contributed by atoms with van der Waals surface area (Å²) in [6.07, 6.45) is 5.45. The van der Waals surface area contributed by atoms with Crippen LogP contribution >= 0.6 is 0 Å². The third-order valence-electron chi connectivity index (χ3n) is 5.31. The second-order valence-corrected chi connectivity index (χ2v) is 7.40. The highest BCUT2D eigenvalue weighted by atomic mass is 16.4. The monoisotopic (exact) mass is 398 g/mol. The molecule has 154 valence electrons. The van der Waals surface area contributed by atoms with E-state index in [0.29, 0.717) is 30.3 Å². The molecule has 0 aliphatic heterocycles. The molecule has 1 fully saturated rings. The zero-order valence-corrected chi connectivity index (χ0v) is 16.4. The van der Waals surface area contributed by atoms with Crippen molar-refractivity contribution in [1.29, 1.82) is 0 Å². The first-order valence-corrected chi connectivity index (χ1v) is 10.1. The number of carboxylic acid groups (broad SMARTS) is 1. The van der Waals surface area contributed by atoms with Crippen LogP contribution < -0.4 is 10.6 Å². The number of fused-ring (bicyclic) bond motifs is 1. The number of nitrogens with one attached hydrogen (secondary N) is 2. The molecular weight excluding hydrogens is 372 g/mol. The predicted molar refractivity (Wildman–Crippen MR) is 107 cm³/mol. The van der Waals surface area contributed by atoms with Crippen molar-refractivity contribution >= 4 is 28.8 Å². The molecule has 3 rings (SSSR count). The van der Waals surface area contributed by atoms with Crippen molar-refractivity contribution < 1.29 is 19.5 Å². The van der Waals surface area contributed by atoms with Gasteiger partial charge < -0.3 is 15.7 Å². The van der Waals surface area contributed by atoms with E-state index in [2.05, 4.69) is 20.6 Å². The topological polar surface area (TPSA) is 121 Å². The van der Waals surface area contributed by atoms with Gasteiger partial charge >= 0.3 is 5.97 Å². The van der Waals surface area contributed by atoms with Crippen molar-refractivity contribution in [3.05, 3.63) is 36.2 Å². The lowest BCUT2D eigenvalue weighted by atomic mass is 10.0. The summed E-state index contributed by atoms with van der Waals surface area (Å²) in [5.74, 6) is -2.29. The maximum atomic E-state index is 12.8. The first-order valence-electron chi connectivity index (χ1n) is 10.1. The largest absolute Gasteiger partial charge is 0.481 e. The second kappa shape index (κ2) is 9.45. The Bertz CT molecular complexity index is 901. The smallest absolute Gasteiger partial charge is 0.308 e. The van der Waals surface area contributed by atoms with Gasteiger partial charge in [0.2, 0.25) is 5.91 Å².